The molecule has 0 saturated heterocycles. The van der Waals surface area contributed by atoms with Crippen molar-refractivity contribution in [2.45, 2.75) is 45.6 Å². The molecule has 7 nitrogen and oxygen atoms in total. The number of aliphatic hydroxyl groups is 1. The zero-order valence-electron chi connectivity index (χ0n) is 18.2. The molecule has 3 N–H and O–H groups in total. The summed E-state index contributed by atoms with van der Waals surface area (Å²) >= 11 is 0. The molecule has 2 aromatic rings. The van der Waals surface area contributed by atoms with Crippen LogP contribution in [0.2, 0.25) is 0 Å². The monoisotopic (exact) mass is 549 g/mol. The Balaban J connectivity index is 0.00000450. The van der Waals surface area contributed by atoms with Gasteiger partial charge >= 0.3 is 0 Å². The lowest BCUT2D eigenvalue weighted by Crippen LogP contribution is -2.44. The van der Waals surface area contributed by atoms with E-state index < -0.39 is 15.4 Å². The third kappa shape index (κ3) is 8.27. The maximum atomic E-state index is 11.4. The van der Waals surface area contributed by atoms with Crippen molar-refractivity contribution in [2.75, 3.05) is 19.3 Å². The van der Waals surface area contributed by atoms with Gasteiger partial charge in [0.25, 0.3) is 0 Å². The minimum absolute atomic E-state index is 0. The lowest BCUT2D eigenvalue weighted by atomic mass is 9.96. The maximum Gasteiger partial charge on any atom is 0.191 e. The third-order valence-corrected chi connectivity index (χ3v) is 5.29. The number of nitrogens with zero attached hydrogens (tertiary/aromatic N) is 1. The van der Waals surface area contributed by atoms with E-state index in [0.717, 1.165) is 22.5 Å². The van der Waals surface area contributed by atoms with Crippen molar-refractivity contribution in [1.82, 2.24) is 10.6 Å². The first kappa shape index (κ1) is 26.4. The summed E-state index contributed by atoms with van der Waals surface area (Å²) in [5, 5.41) is 17.2. The van der Waals surface area contributed by atoms with Gasteiger partial charge in [-0.3, -0.25) is 0 Å². The molecule has 0 aliphatic heterocycles. The molecule has 1 atom stereocenters. The standard InChI is InChI=1S/C21H31N3O4S.HI/c1-6-22-20(24-14-21(4,25)19-11-15(2)28-16(19)3)23-12-17-7-9-18(10-8-17)13-29(5,26)27;/h7-11,25H,6,12-14H2,1-5H3,(H2,22,23,24);1H. The first-order chi connectivity index (χ1) is 13.5. The minimum Gasteiger partial charge on any atom is -0.466 e. The number of benzene rings is 1. The predicted molar refractivity (Wildman–Crippen MR) is 131 cm³/mol. The Bertz CT molecular complexity index is 951. The summed E-state index contributed by atoms with van der Waals surface area (Å²) in [6, 6.07) is 9.21. The number of rotatable bonds is 8. The average Bonchev–Trinajstić information content (AvgIpc) is 2.96. The van der Waals surface area contributed by atoms with Gasteiger partial charge in [0, 0.05) is 18.4 Å². The van der Waals surface area contributed by atoms with Crippen LogP contribution in [0.25, 0.3) is 0 Å². The molecule has 0 spiro atoms. The van der Waals surface area contributed by atoms with Crippen LogP contribution >= 0.6 is 24.0 Å². The molecule has 30 heavy (non-hydrogen) atoms. The van der Waals surface area contributed by atoms with Crippen LogP contribution in [0.15, 0.2) is 39.7 Å². The van der Waals surface area contributed by atoms with E-state index in [1.54, 1.807) is 19.1 Å². The zero-order valence-corrected chi connectivity index (χ0v) is 21.3. The van der Waals surface area contributed by atoms with Gasteiger partial charge in [-0.05, 0) is 44.9 Å². The molecule has 168 valence electrons. The smallest absolute Gasteiger partial charge is 0.191 e. The van der Waals surface area contributed by atoms with E-state index in [-0.39, 0.29) is 36.3 Å². The molecule has 9 heteroatoms. The number of aryl methyl sites for hydroxylation is 2. The quantitative estimate of drug-likeness (QED) is 0.266. The number of aliphatic imine (C=N–C) groups is 1. The van der Waals surface area contributed by atoms with Crippen molar-refractivity contribution in [3.05, 3.63) is 58.5 Å². The molecule has 0 amide bonds. The van der Waals surface area contributed by atoms with E-state index in [1.165, 1.54) is 6.26 Å². The highest BCUT2D eigenvalue weighted by Gasteiger charge is 2.27. The lowest BCUT2D eigenvalue weighted by molar-refractivity contribution is 0.0601. The second kappa shape index (κ2) is 11.1. The summed E-state index contributed by atoms with van der Waals surface area (Å²) in [6.07, 6.45) is 1.22. The molecule has 1 heterocycles. The van der Waals surface area contributed by atoms with Crippen LogP contribution in [0.3, 0.4) is 0 Å². The first-order valence-electron chi connectivity index (χ1n) is 9.58. The SMILES string of the molecule is CCNC(=NCc1ccc(CS(C)(=O)=O)cc1)NCC(C)(O)c1cc(C)oc1C.I. The van der Waals surface area contributed by atoms with Crippen molar-refractivity contribution in [1.29, 1.82) is 0 Å². The number of hydrogen-bond donors (Lipinski definition) is 3. The molecule has 0 aliphatic rings. The van der Waals surface area contributed by atoms with Gasteiger partial charge < -0.3 is 20.2 Å². The van der Waals surface area contributed by atoms with Gasteiger partial charge in [0.05, 0.1) is 18.8 Å². The number of hydrogen-bond acceptors (Lipinski definition) is 5. The molecule has 0 bridgehead atoms. The largest absolute Gasteiger partial charge is 0.466 e. The van der Waals surface area contributed by atoms with Crippen molar-refractivity contribution in [3.8, 4) is 0 Å². The van der Waals surface area contributed by atoms with Gasteiger partial charge in [0.2, 0.25) is 0 Å². The summed E-state index contributed by atoms with van der Waals surface area (Å²) in [5.74, 6) is 2.08. The van der Waals surface area contributed by atoms with Gasteiger partial charge in [-0.2, -0.15) is 0 Å². The van der Waals surface area contributed by atoms with Crippen molar-refractivity contribution >= 4 is 39.8 Å². The molecular weight excluding hydrogens is 517 g/mol. The Morgan fingerprint density at radius 1 is 1.17 bits per heavy atom. The first-order valence-corrected chi connectivity index (χ1v) is 11.6. The molecule has 0 radical (unpaired) electrons. The van der Waals surface area contributed by atoms with Crippen LogP contribution in [-0.2, 0) is 27.7 Å². The van der Waals surface area contributed by atoms with E-state index in [4.69, 9.17) is 4.42 Å². The number of nitrogens with one attached hydrogen (secondary N) is 2. The number of guanidine groups is 1. The van der Waals surface area contributed by atoms with Crippen LogP contribution in [0, 0.1) is 13.8 Å². The highest BCUT2D eigenvalue weighted by Crippen LogP contribution is 2.26. The zero-order chi connectivity index (χ0) is 21.7. The fourth-order valence-corrected chi connectivity index (χ4v) is 3.87. The summed E-state index contributed by atoms with van der Waals surface area (Å²) in [6.45, 7) is 8.79. The molecular formula is C21H32IN3O4S. The summed E-state index contributed by atoms with van der Waals surface area (Å²) in [4.78, 5) is 4.55. The van der Waals surface area contributed by atoms with E-state index in [2.05, 4.69) is 15.6 Å². The normalized spacial score (nSPS) is 14.0. The van der Waals surface area contributed by atoms with E-state index in [1.807, 2.05) is 39.0 Å². The topological polar surface area (TPSA) is 104 Å². The Morgan fingerprint density at radius 3 is 2.27 bits per heavy atom. The highest BCUT2D eigenvalue weighted by molar-refractivity contribution is 14.0. The summed E-state index contributed by atoms with van der Waals surface area (Å²) in [5.41, 5.74) is 1.37. The lowest BCUT2D eigenvalue weighted by Gasteiger charge is -2.24. The fourth-order valence-electron chi connectivity index (χ4n) is 3.07. The maximum absolute atomic E-state index is 11.4. The third-order valence-electron chi connectivity index (χ3n) is 4.44. The Kier molecular flexibility index (Phi) is 9.83. The summed E-state index contributed by atoms with van der Waals surface area (Å²) in [7, 11) is -3.05. The second-order valence-electron chi connectivity index (χ2n) is 7.54. The number of sulfone groups is 1. The van der Waals surface area contributed by atoms with Crippen LogP contribution in [0.1, 0.15) is 42.1 Å². The average molecular weight is 549 g/mol. The van der Waals surface area contributed by atoms with Crippen molar-refractivity contribution < 1.29 is 17.9 Å². The second-order valence-corrected chi connectivity index (χ2v) is 9.68. The van der Waals surface area contributed by atoms with Crippen molar-refractivity contribution in [2.24, 2.45) is 4.99 Å². The Labute approximate surface area is 196 Å². The molecule has 0 saturated carbocycles. The van der Waals surface area contributed by atoms with Crippen molar-refractivity contribution in [3.63, 3.8) is 0 Å². The van der Waals surface area contributed by atoms with Gasteiger partial charge in [-0.25, -0.2) is 13.4 Å². The van der Waals surface area contributed by atoms with Gasteiger partial charge in [0.1, 0.15) is 17.1 Å². The van der Waals surface area contributed by atoms with Gasteiger partial charge in [-0.1, -0.05) is 24.3 Å². The molecule has 0 aliphatic carbocycles. The van der Waals surface area contributed by atoms with Gasteiger partial charge in [0.15, 0.2) is 15.8 Å². The number of furan rings is 1. The Hall–Kier alpha value is -1.59. The summed E-state index contributed by atoms with van der Waals surface area (Å²) < 4.78 is 28.3. The molecule has 0 fully saturated rings. The fraction of sp³-hybridized carbons (Fsp3) is 0.476. The molecule has 2 rings (SSSR count). The number of halogens is 1. The van der Waals surface area contributed by atoms with Crippen LogP contribution in [0.5, 0.6) is 0 Å². The highest BCUT2D eigenvalue weighted by atomic mass is 127. The van der Waals surface area contributed by atoms with Crippen LogP contribution < -0.4 is 10.6 Å². The van der Waals surface area contributed by atoms with Crippen LogP contribution in [-0.4, -0.2) is 38.8 Å². The minimum atomic E-state index is -3.05. The van der Waals surface area contributed by atoms with E-state index in [9.17, 15) is 13.5 Å². The molecule has 1 aromatic heterocycles. The Morgan fingerprint density at radius 2 is 1.77 bits per heavy atom. The predicted octanol–water partition coefficient (Wildman–Crippen LogP) is 3.02. The van der Waals surface area contributed by atoms with E-state index in [0.29, 0.717) is 24.8 Å². The van der Waals surface area contributed by atoms with E-state index >= 15 is 0 Å². The van der Waals surface area contributed by atoms with Crippen LogP contribution in [0.4, 0.5) is 0 Å². The molecule has 1 aromatic carbocycles. The molecule has 1 unspecified atom stereocenters. The van der Waals surface area contributed by atoms with Gasteiger partial charge in [-0.15, -0.1) is 24.0 Å².